The Balaban J connectivity index is 2.38. The summed E-state index contributed by atoms with van der Waals surface area (Å²) in [6.07, 6.45) is 0. The molecule has 0 aliphatic rings. The van der Waals surface area contributed by atoms with Crippen molar-refractivity contribution in [2.45, 2.75) is 19.9 Å². The van der Waals surface area contributed by atoms with Crippen LogP contribution in [0, 0.1) is 0 Å². The van der Waals surface area contributed by atoms with E-state index < -0.39 is 0 Å². The van der Waals surface area contributed by atoms with Gasteiger partial charge in [-0.3, -0.25) is 0 Å². The Hall–Kier alpha value is -1.23. The molecule has 0 radical (unpaired) electrons. The zero-order valence-corrected chi connectivity index (χ0v) is 14.1. The lowest BCUT2D eigenvalue weighted by Crippen LogP contribution is -2.17. The van der Waals surface area contributed by atoms with Gasteiger partial charge < -0.3 is 14.8 Å². The first kappa shape index (κ1) is 16.1. The minimum atomic E-state index is 0.0485. The quantitative estimate of drug-likeness (QED) is 0.812. The molecule has 1 atom stereocenters. The zero-order valence-electron chi connectivity index (χ0n) is 12.5. The van der Waals surface area contributed by atoms with Crippen LogP contribution in [-0.4, -0.2) is 20.3 Å². The van der Waals surface area contributed by atoms with Gasteiger partial charge in [0.25, 0.3) is 0 Å². The maximum absolute atomic E-state index is 6.26. The average molecular weight is 326 g/mol. The summed E-state index contributed by atoms with van der Waals surface area (Å²) in [4.78, 5) is 1.10. The Labute approximate surface area is 134 Å². The number of benzene rings is 1. The number of nitrogens with one attached hydrogen (secondary N) is 1. The fraction of sp³-hybridized carbons (Fsp3) is 0.375. The number of hydrogen-bond donors (Lipinski definition) is 1. The first-order valence-corrected chi connectivity index (χ1v) is 8.26. The van der Waals surface area contributed by atoms with Crippen LogP contribution in [0.4, 0.5) is 0 Å². The van der Waals surface area contributed by atoms with E-state index in [2.05, 4.69) is 5.32 Å². The lowest BCUT2D eigenvalue weighted by atomic mass is 10.0. The van der Waals surface area contributed by atoms with Gasteiger partial charge in [0.2, 0.25) is 0 Å². The molecule has 2 aromatic rings. The summed E-state index contributed by atoms with van der Waals surface area (Å²) in [5.74, 6) is 1.54. The molecule has 0 spiro atoms. The fourth-order valence-corrected chi connectivity index (χ4v) is 3.51. The van der Waals surface area contributed by atoms with Crippen LogP contribution in [0.2, 0.25) is 5.02 Å². The van der Waals surface area contributed by atoms with Gasteiger partial charge in [-0.05, 0) is 50.0 Å². The summed E-state index contributed by atoms with van der Waals surface area (Å²) in [5, 5.41) is 6.10. The highest BCUT2D eigenvalue weighted by Gasteiger charge is 2.18. The molecule has 0 bridgehead atoms. The van der Waals surface area contributed by atoms with Crippen molar-refractivity contribution >= 4 is 22.9 Å². The Bertz CT molecular complexity index is 585. The summed E-state index contributed by atoms with van der Waals surface area (Å²) < 4.78 is 11.3. The van der Waals surface area contributed by atoms with E-state index in [1.54, 1.807) is 11.3 Å². The SMILES string of the molecule is CCOc1ccc(C(NC)c2sccc2Cl)cc1OCC. The molecule has 2 rings (SSSR count). The van der Waals surface area contributed by atoms with E-state index in [-0.39, 0.29) is 6.04 Å². The summed E-state index contributed by atoms with van der Waals surface area (Å²) in [7, 11) is 1.93. The highest BCUT2D eigenvalue weighted by atomic mass is 35.5. The summed E-state index contributed by atoms with van der Waals surface area (Å²) in [5.41, 5.74) is 1.11. The predicted octanol–water partition coefficient (Wildman–Crippen LogP) is 4.51. The van der Waals surface area contributed by atoms with Gasteiger partial charge in [-0.2, -0.15) is 0 Å². The molecule has 0 saturated carbocycles. The van der Waals surface area contributed by atoms with Crippen LogP contribution in [0.25, 0.3) is 0 Å². The zero-order chi connectivity index (χ0) is 15.2. The van der Waals surface area contributed by atoms with Gasteiger partial charge in [-0.15, -0.1) is 11.3 Å². The smallest absolute Gasteiger partial charge is 0.161 e. The normalized spacial score (nSPS) is 12.2. The van der Waals surface area contributed by atoms with Crippen molar-refractivity contribution in [1.82, 2.24) is 5.32 Å². The van der Waals surface area contributed by atoms with Crippen molar-refractivity contribution in [2.24, 2.45) is 0 Å². The lowest BCUT2D eigenvalue weighted by Gasteiger charge is -2.18. The standard InChI is InChI=1S/C16H20ClNO2S/c1-4-19-13-7-6-11(10-14(13)20-5-2)15(18-3)16-12(17)8-9-21-16/h6-10,15,18H,4-5H2,1-3H3. The van der Waals surface area contributed by atoms with Crippen molar-refractivity contribution < 1.29 is 9.47 Å². The number of halogens is 1. The molecule has 1 aromatic heterocycles. The number of rotatable bonds is 7. The molecule has 21 heavy (non-hydrogen) atoms. The van der Waals surface area contributed by atoms with Gasteiger partial charge in [0, 0.05) is 4.88 Å². The lowest BCUT2D eigenvalue weighted by molar-refractivity contribution is 0.287. The van der Waals surface area contributed by atoms with E-state index in [4.69, 9.17) is 21.1 Å². The summed E-state index contributed by atoms with van der Waals surface area (Å²) >= 11 is 7.90. The van der Waals surface area contributed by atoms with E-state index in [1.165, 1.54) is 0 Å². The molecular formula is C16H20ClNO2S. The van der Waals surface area contributed by atoms with E-state index in [1.807, 2.05) is 50.5 Å². The third-order valence-electron chi connectivity index (χ3n) is 3.10. The molecule has 1 N–H and O–H groups in total. The van der Waals surface area contributed by atoms with Gasteiger partial charge in [0.05, 0.1) is 24.3 Å². The van der Waals surface area contributed by atoms with Crippen LogP contribution in [-0.2, 0) is 0 Å². The minimum absolute atomic E-state index is 0.0485. The van der Waals surface area contributed by atoms with E-state index in [0.29, 0.717) is 13.2 Å². The monoisotopic (exact) mass is 325 g/mol. The van der Waals surface area contributed by atoms with Gasteiger partial charge in [-0.25, -0.2) is 0 Å². The maximum Gasteiger partial charge on any atom is 0.161 e. The molecule has 3 nitrogen and oxygen atoms in total. The Morgan fingerprint density at radius 1 is 1.14 bits per heavy atom. The largest absolute Gasteiger partial charge is 0.490 e. The van der Waals surface area contributed by atoms with Gasteiger partial charge >= 0.3 is 0 Å². The average Bonchev–Trinajstić information content (AvgIpc) is 2.89. The topological polar surface area (TPSA) is 30.5 Å². The number of thiophene rings is 1. The first-order valence-electron chi connectivity index (χ1n) is 7.00. The highest BCUT2D eigenvalue weighted by molar-refractivity contribution is 7.10. The molecule has 0 saturated heterocycles. The van der Waals surface area contributed by atoms with Gasteiger partial charge in [0.15, 0.2) is 11.5 Å². The second kappa shape index (κ2) is 7.69. The number of ether oxygens (including phenoxy) is 2. The van der Waals surface area contributed by atoms with Gasteiger partial charge in [0.1, 0.15) is 0 Å². The van der Waals surface area contributed by atoms with Crippen LogP contribution in [0.5, 0.6) is 11.5 Å². The molecule has 1 aromatic carbocycles. The van der Waals surface area contributed by atoms with E-state index >= 15 is 0 Å². The van der Waals surface area contributed by atoms with Crippen LogP contribution < -0.4 is 14.8 Å². The third kappa shape index (κ3) is 3.70. The molecule has 0 aliphatic carbocycles. The molecule has 1 heterocycles. The minimum Gasteiger partial charge on any atom is -0.490 e. The van der Waals surface area contributed by atoms with Crippen molar-refractivity contribution in [3.8, 4) is 11.5 Å². The Morgan fingerprint density at radius 3 is 2.43 bits per heavy atom. The highest BCUT2D eigenvalue weighted by Crippen LogP contribution is 2.36. The first-order chi connectivity index (χ1) is 10.2. The van der Waals surface area contributed by atoms with E-state index in [0.717, 1.165) is 27.0 Å². The molecular weight excluding hydrogens is 306 g/mol. The Kier molecular flexibility index (Phi) is 5.91. The summed E-state index contributed by atoms with van der Waals surface area (Å²) in [6, 6.07) is 7.99. The van der Waals surface area contributed by atoms with Crippen LogP contribution in [0.3, 0.4) is 0 Å². The Morgan fingerprint density at radius 2 is 1.86 bits per heavy atom. The van der Waals surface area contributed by atoms with E-state index in [9.17, 15) is 0 Å². The molecule has 0 aliphatic heterocycles. The van der Waals surface area contributed by atoms with Crippen molar-refractivity contribution in [3.05, 3.63) is 45.1 Å². The maximum atomic E-state index is 6.26. The van der Waals surface area contributed by atoms with Crippen molar-refractivity contribution in [3.63, 3.8) is 0 Å². The molecule has 114 valence electrons. The molecule has 5 heteroatoms. The van der Waals surface area contributed by atoms with Crippen LogP contribution in [0.15, 0.2) is 29.6 Å². The fourth-order valence-electron chi connectivity index (χ4n) is 2.21. The number of hydrogen-bond acceptors (Lipinski definition) is 4. The third-order valence-corrected chi connectivity index (χ3v) is 4.52. The van der Waals surface area contributed by atoms with Crippen LogP contribution in [0.1, 0.15) is 30.3 Å². The molecule has 0 fully saturated rings. The van der Waals surface area contributed by atoms with Gasteiger partial charge in [-0.1, -0.05) is 17.7 Å². The van der Waals surface area contributed by atoms with Crippen molar-refractivity contribution in [2.75, 3.05) is 20.3 Å². The molecule has 1 unspecified atom stereocenters. The second-order valence-corrected chi connectivity index (χ2v) is 5.78. The summed E-state index contributed by atoms with van der Waals surface area (Å²) in [6.45, 7) is 5.15. The predicted molar refractivity (Wildman–Crippen MR) is 89.0 cm³/mol. The molecule has 0 amide bonds. The van der Waals surface area contributed by atoms with Crippen LogP contribution >= 0.6 is 22.9 Å². The van der Waals surface area contributed by atoms with Crippen molar-refractivity contribution in [1.29, 1.82) is 0 Å². The second-order valence-electron chi connectivity index (χ2n) is 4.43.